The van der Waals surface area contributed by atoms with Crippen molar-refractivity contribution >= 4 is 5.78 Å². The third-order valence-electron chi connectivity index (χ3n) is 2.70. The first kappa shape index (κ1) is 12.9. The molecule has 0 amide bonds. The highest BCUT2D eigenvalue weighted by Crippen LogP contribution is 2.20. The second kappa shape index (κ2) is 5.24. The van der Waals surface area contributed by atoms with Gasteiger partial charge >= 0.3 is 0 Å². The first-order chi connectivity index (χ1) is 7.39. The number of aryl methyl sites for hydroxylation is 1. The van der Waals surface area contributed by atoms with Crippen LogP contribution in [-0.2, 0) is 16.8 Å². The van der Waals surface area contributed by atoms with Crippen molar-refractivity contribution in [3.05, 3.63) is 30.1 Å². The minimum Gasteiger partial charge on any atom is -0.300 e. The fourth-order valence-electron chi connectivity index (χ4n) is 1.62. The van der Waals surface area contributed by atoms with Crippen molar-refractivity contribution in [1.82, 2.24) is 0 Å². The van der Waals surface area contributed by atoms with E-state index in [9.17, 15) is 4.79 Å². The van der Waals surface area contributed by atoms with Crippen LogP contribution in [0.3, 0.4) is 0 Å². The van der Waals surface area contributed by atoms with Crippen molar-refractivity contribution < 1.29 is 9.36 Å². The summed E-state index contributed by atoms with van der Waals surface area (Å²) >= 11 is 0. The molecule has 1 aromatic heterocycles. The van der Waals surface area contributed by atoms with E-state index in [0.29, 0.717) is 6.42 Å². The van der Waals surface area contributed by atoms with Crippen LogP contribution in [0, 0.1) is 0 Å². The maximum absolute atomic E-state index is 10.8. The lowest BCUT2D eigenvalue weighted by Crippen LogP contribution is -2.33. The molecule has 0 aliphatic rings. The van der Waals surface area contributed by atoms with E-state index in [1.807, 2.05) is 0 Å². The highest BCUT2D eigenvalue weighted by molar-refractivity contribution is 5.75. The first-order valence-corrected chi connectivity index (χ1v) is 5.88. The van der Waals surface area contributed by atoms with Crippen LogP contribution in [0.1, 0.15) is 46.1 Å². The maximum Gasteiger partial charge on any atom is 0.169 e. The Morgan fingerprint density at radius 2 is 1.81 bits per heavy atom. The van der Waals surface area contributed by atoms with Crippen molar-refractivity contribution in [3.8, 4) is 0 Å². The molecule has 0 aromatic carbocycles. The predicted molar refractivity (Wildman–Crippen MR) is 65.3 cm³/mol. The van der Waals surface area contributed by atoms with Gasteiger partial charge in [-0.2, -0.15) is 0 Å². The van der Waals surface area contributed by atoms with Crippen molar-refractivity contribution in [2.45, 2.75) is 52.5 Å². The minimum atomic E-state index is 0.207. The van der Waals surface area contributed by atoms with E-state index in [1.165, 1.54) is 5.56 Å². The molecule has 2 nitrogen and oxygen atoms in total. The summed E-state index contributed by atoms with van der Waals surface area (Å²) in [6, 6.07) is 4.32. The molecular formula is C14H22NO+. The summed E-state index contributed by atoms with van der Waals surface area (Å²) in [5.74, 6) is 0.270. The highest BCUT2D eigenvalue weighted by atomic mass is 16.1. The van der Waals surface area contributed by atoms with Gasteiger partial charge in [-0.05, 0) is 17.9 Å². The van der Waals surface area contributed by atoms with Gasteiger partial charge in [-0.25, -0.2) is 4.57 Å². The third-order valence-corrected chi connectivity index (χ3v) is 2.70. The molecule has 0 unspecified atom stereocenters. The maximum atomic E-state index is 10.8. The molecular weight excluding hydrogens is 198 g/mol. The van der Waals surface area contributed by atoms with Gasteiger partial charge in [0.15, 0.2) is 12.4 Å². The SMILES string of the molecule is CC(=O)CCC[n+]1ccc(C(C)(C)C)cc1. The number of Topliss-reactive ketones (excluding diaryl/α,β-unsaturated/α-hetero) is 1. The lowest BCUT2D eigenvalue weighted by atomic mass is 9.88. The van der Waals surface area contributed by atoms with Crippen molar-refractivity contribution in [3.63, 3.8) is 0 Å². The molecule has 0 atom stereocenters. The topological polar surface area (TPSA) is 20.9 Å². The normalized spacial score (nSPS) is 11.5. The first-order valence-electron chi connectivity index (χ1n) is 5.88. The smallest absolute Gasteiger partial charge is 0.169 e. The Labute approximate surface area is 98.3 Å². The molecule has 2 heteroatoms. The summed E-state index contributed by atoms with van der Waals surface area (Å²) in [6.45, 7) is 9.20. The lowest BCUT2D eigenvalue weighted by molar-refractivity contribution is -0.697. The number of nitrogens with zero attached hydrogens (tertiary/aromatic N) is 1. The Morgan fingerprint density at radius 3 is 2.25 bits per heavy atom. The van der Waals surface area contributed by atoms with Crippen molar-refractivity contribution in [1.29, 1.82) is 0 Å². The summed E-state index contributed by atoms with van der Waals surface area (Å²) < 4.78 is 2.14. The van der Waals surface area contributed by atoms with E-state index in [-0.39, 0.29) is 11.2 Å². The Kier molecular flexibility index (Phi) is 4.22. The van der Waals surface area contributed by atoms with E-state index >= 15 is 0 Å². The molecule has 1 rings (SSSR count). The van der Waals surface area contributed by atoms with Crippen molar-refractivity contribution in [2.75, 3.05) is 0 Å². The van der Waals surface area contributed by atoms with E-state index in [1.54, 1.807) is 6.92 Å². The molecule has 0 aliphatic heterocycles. The number of carbonyl (C=O) groups is 1. The summed E-state index contributed by atoms with van der Waals surface area (Å²) in [4.78, 5) is 10.8. The number of pyridine rings is 1. The summed E-state index contributed by atoms with van der Waals surface area (Å²) in [5.41, 5.74) is 1.55. The molecule has 0 bridgehead atoms. The molecule has 0 saturated heterocycles. The van der Waals surface area contributed by atoms with Gasteiger partial charge in [0.1, 0.15) is 12.3 Å². The zero-order valence-electron chi connectivity index (χ0n) is 10.8. The molecule has 16 heavy (non-hydrogen) atoms. The van der Waals surface area contributed by atoms with Crippen LogP contribution >= 0.6 is 0 Å². The average Bonchev–Trinajstić information content (AvgIpc) is 2.16. The van der Waals surface area contributed by atoms with Gasteiger partial charge < -0.3 is 4.79 Å². The second-order valence-corrected chi connectivity index (χ2v) is 5.38. The monoisotopic (exact) mass is 220 g/mol. The quantitative estimate of drug-likeness (QED) is 0.715. The predicted octanol–water partition coefficient (Wildman–Crippen LogP) is 2.64. The van der Waals surface area contributed by atoms with Gasteiger partial charge in [0, 0.05) is 25.0 Å². The van der Waals surface area contributed by atoms with Crippen LogP contribution in [0.5, 0.6) is 0 Å². The Bertz CT molecular complexity index is 346. The number of carbonyl (C=O) groups excluding carboxylic acids is 1. The molecule has 88 valence electrons. The van der Waals surface area contributed by atoms with E-state index in [2.05, 4.69) is 49.9 Å². The number of hydrogen-bond acceptors (Lipinski definition) is 1. The van der Waals surface area contributed by atoms with Gasteiger partial charge in [0.2, 0.25) is 0 Å². The molecule has 0 fully saturated rings. The van der Waals surface area contributed by atoms with Gasteiger partial charge in [-0.15, -0.1) is 0 Å². The number of hydrogen-bond donors (Lipinski definition) is 0. The van der Waals surface area contributed by atoms with Crippen LogP contribution in [0.2, 0.25) is 0 Å². The van der Waals surface area contributed by atoms with Gasteiger partial charge in [-0.1, -0.05) is 20.8 Å². The minimum absolute atomic E-state index is 0.207. The largest absolute Gasteiger partial charge is 0.300 e. The fourth-order valence-corrected chi connectivity index (χ4v) is 1.62. The molecule has 1 aromatic rings. The molecule has 0 radical (unpaired) electrons. The van der Waals surface area contributed by atoms with Crippen LogP contribution in [0.4, 0.5) is 0 Å². The van der Waals surface area contributed by atoms with E-state index in [4.69, 9.17) is 0 Å². The van der Waals surface area contributed by atoms with Crippen LogP contribution in [0.15, 0.2) is 24.5 Å². The van der Waals surface area contributed by atoms with Crippen LogP contribution in [0.25, 0.3) is 0 Å². The third kappa shape index (κ3) is 4.13. The van der Waals surface area contributed by atoms with Crippen molar-refractivity contribution in [2.24, 2.45) is 0 Å². The zero-order chi connectivity index (χ0) is 12.2. The van der Waals surface area contributed by atoms with Crippen LogP contribution in [-0.4, -0.2) is 5.78 Å². The Balaban J connectivity index is 2.55. The molecule has 0 N–H and O–H groups in total. The van der Waals surface area contributed by atoms with Gasteiger partial charge in [0.25, 0.3) is 0 Å². The van der Waals surface area contributed by atoms with Crippen LogP contribution < -0.4 is 4.57 Å². The number of rotatable bonds is 4. The molecule has 0 saturated carbocycles. The lowest BCUT2D eigenvalue weighted by Gasteiger charge is -2.17. The van der Waals surface area contributed by atoms with E-state index < -0.39 is 0 Å². The fraction of sp³-hybridized carbons (Fsp3) is 0.571. The Morgan fingerprint density at radius 1 is 1.25 bits per heavy atom. The molecule has 0 aliphatic carbocycles. The van der Waals surface area contributed by atoms with Gasteiger partial charge in [-0.3, -0.25) is 0 Å². The standard InChI is InChI=1S/C14H22NO/c1-12(16)6-5-9-15-10-7-13(8-11-15)14(2,3)4/h7-8,10-11H,5-6,9H2,1-4H3/q+1. The highest BCUT2D eigenvalue weighted by Gasteiger charge is 2.14. The average molecular weight is 220 g/mol. The van der Waals surface area contributed by atoms with Gasteiger partial charge in [0.05, 0.1) is 0 Å². The number of ketones is 1. The zero-order valence-corrected chi connectivity index (χ0v) is 10.8. The second-order valence-electron chi connectivity index (χ2n) is 5.38. The number of aromatic nitrogens is 1. The molecule has 1 heterocycles. The summed E-state index contributed by atoms with van der Waals surface area (Å²) in [6.07, 6.45) is 5.80. The molecule has 0 spiro atoms. The summed E-state index contributed by atoms with van der Waals surface area (Å²) in [5, 5.41) is 0. The van der Waals surface area contributed by atoms with E-state index in [0.717, 1.165) is 13.0 Å². The summed E-state index contributed by atoms with van der Waals surface area (Å²) in [7, 11) is 0. The Hall–Kier alpha value is -1.18.